The second-order valence-electron chi connectivity index (χ2n) is 5.26. The van der Waals surface area contributed by atoms with Gasteiger partial charge in [-0.3, -0.25) is 0 Å². The first-order valence-corrected chi connectivity index (χ1v) is 6.20. The van der Waals surface area contributed by atoms with Crippen molar-refractivity contribution >= 4 is 16.7 Å². The third kappa shape index (κ3) is 4.60. The largest absolute Gasteiger partial charge is 0.360 e. The third-order valence-corrected chi connectivity index (χ3v) is 2.97. The van der Waals surface area contributed by atoms with Crippen LogP contribution in [0.3, 0.4) is 0 Å². The molecule has 0 fully saturated rings. The Labute approximate surface area is 96.5 Å². The molecule has 1 rings (SSSR count). The number of aryl methyl sites for hydroxylation is 1. The first-order valence-electron chi connectivity index (χ1n) is 5.43. The molecule has 0 saturated heterocycles. The summed E-state index contributed by atoms with van der Waals surface area (Å²) in [5, 5.41) is 4.29. The molecule has 0 saturated carbocycles. The van der Waals surface area contributed by atoms with Crippen molar-refractivity contribution in [1.82, 2.24) is 9.36 Å². The molecular formula is C11H21N3S. The number of nitrogens with one attached hydrogen (secondary N) is 1. The van der Waals surface area contributed by atoms with Gasteiger partial charge in [0.15, 0.2) is 0 Å². The molecule has 0 aliphatic rings. The van der Waals surface area contributed by atoms with Crippen molar-refractivity contribution in [3.8, 4) is 0 Å². The van der Waals surface area contributed by atoms with E-state index in [1.165, 1.54) is 18.0 Å². The van der Waals surface area contributed by atoms with E-state index >= 15 is 0 Å². The smallest absolute Gasteiger partial charge is 0.202 e. The Hall–Kier alpha value is -0.640. The third-order valence-electron chi connectivity index (χ3n) is 2.21. The van der Waals surface area contributed by atoms with Crippen LogP contribution in [0.15, 0.2) is 0 Å². The van der Waals surface area contributed by atoms with Crippen molar-refractivity contribution in [1.29, 1.82) is 0 Å². The highest BCUT2D eigenvalue weighted by Crippen LogP contribution is 2.25. The van der Waals surface area contributed by atoms with Crippen molar-refractivity contribution in [2.75, 3.05) is 11.9 Å². The number of rotatable bonds is 5. The SMILES string of the molecule is Cc1nsc(NCC(C)(C)CC(C)C)n1. The fraction of sp³-hybridized carbons (Fsp3) is 0.818. The number of hydrogen-bond acceptors (Lipinski definition) is 4. The lowest BCUT2D eigenvalue weighted by molar-refractivity contribution is 0.306. The van der Waals surface area contributed by atoms with Gasteiger partial charge in [0.25, 0.3) is 0 Å². The number of anilines is 1. The fourth-order valence-corrected chi connectivity index (χ4v) is 2.43. The van der Waals surface area contributed by atoms with Crippen LogP contribution in [0.2, 0.25) is 0 Å². The van der Waals surface area contributed by atoms with Crippen LogP contribution >= 0.6 is 11.5 Å². The topological polar surface area (TPSA) is 37.8 Å². The highest BCUT2D eigenvalue weighted by atomic mass is 32.1. The number of aromatic nitrogens is 2. The van der Waals surface area contributed by atoms with Gasteiger partial charge in [-0.2, -0.15) is 4.37 Å². The second-order valence-corrected chi connectivity index (χ2v) is 6.01. The zero-order valence-corrected chi connectivity index (χ0v) is 11.1. The first kappa shape index (κ1) is 12.4. The lowest BCUT2D eigenvalue weighted by atomic mass is 9.84. The maximum Gasteiger partial charge on any atom is 0.202 e. The Morgan fingerprint density at radius 2 is 2.07 bits per heavy atom. The minimum atomic E-state index is 0.313. The molecule has 0 aromatic carbocycles. The zero-order valence-electron chi connectivity index (χ0n) is 10.3. The van der Waals surface area contributed by atoms with Crippen LogP contribution in [0.4, 0.5) is 5.13 Å². The summed E-state index contributed by atoms with van der Waals surface area (Å²) in [6.45, 7) is 12.0. The highest BCUT2D eigenvalue weighted by Gasteiger charge is 2.19. The van der Waals surface area contributed by atoms with Crippen LogP contribution in [0.25, 0.3) is 0 Å². The molecule has 0 aliphatic heterocycles. The van der Waals surface area contributed by atoms with Crippen LogP contribution in [0.1, 0.15) is 39.9 Å². The molecular weight excluding hydrogens is 206 g/mol. The van der Waals surface area contributed by atoms with E-state index in [9.17, 15) is 0 Å². The van der Waals surface area contributed by atoms with E-state index < -0.39 is 0 Å². The van der Waals surface area contributed by atoms with E-state index in [0.29, 0.717) is 5.41 Å². The number of nitrogens with zero attached hydrogens (tertiary/aromatic N) is 2. The molecule has 1 N–H and O–H groups in total. The van der Waals surface area contributed by atoms with Crippen molar-refractivity contribution in [2.45, 2.75) is 41.0 Å². The Morgan fingerprint density at radius 1 is 1.40 bits per heavy atom. The van der Waals surface area contributed by atoms with E-state index in [4.69, 9.17) is 0 Å². The molecule has 1 aromatic rings. The normalized spacial score (nSPS) is 12.1. The van der Waals surface area contributed by atoms with E-state index in [2.05, 4.69) is 42.4 Å². The summed E-state index contributed by atoms with van der Waals surface area (Å²) in [6, 6.07) is 0. The Bertz CT molecular complexity index is 305. The van der Waals surface area contributed by atoms with E-state index in [1.807, 2.05) is 6.92 Å². The first-order chi connectivity index (χ1) is 6.89. The molecule has 86 valence electrons. The molecule has 1 aromatic heterocycles. The van der Waals surface area contributed by atoms with Crippen molar-refractivity contribution in [3.63, 3.8) is 0 Å². The quantitative estimate of drug-likeness (QED) is 0.838. The van der Waals surface area contributed by atoms with Gasteiger partial charge in [0.1, 0.15) is 5.82 Å². The van der Waals surface area contributed by atoms with E-state index in [0.717, 1.165) is 23.4 Å². The predicted octanol–water partition coefficient (Wildman–Crippen LogP) is 3.33. The Morgan fingerprint density at radius 3 is 2.53 bits per heavy atom. The summed E-state index contributed by atoms with van der Waals surface area (Å²) in [6.07, 6.45) is 1.22. The summed E-state index contributed by atoms with van der Waals surface area (Å²) in [5.41, 5.74) is 0.313. The minimum Gasteiger partial charge on any atom is -0.360 e. The fourth-order valence-electron chi connectivity index (χ4n) is 1.86. The van der Waals surface area contributed by atoms with Crippen LogP contribution in [0.5, 0.6) is 0 Å². The molecule has 0 bridgehead atoms. The second kappa shape index (κ2) is 4.92. The molecule has 0 radical (unpaired) electrons. The van der Waals surface area contributed by atoms with Gasteiger partial charge in [-0.25, -0.2) is 4.98 Å². The summed E-state index contributed by atoms with van der Waals surface area (Å²) in [5.74, 6) is 1.59. The van der Waals surface area contributed by atoms with Gasteiger partial charge in [0.05, 0.1) is 0 Å². The molecule has 1 heterocycles. The van der Waals surface area contributed by atoms with Gasteiger partial charge >= 0.3 is 0 Å². The molecule has 3 nitrogen and oxygen atoms in total. The van der Waals surface area contributed by atoms with Crippen LogP contribution in [-0.4, -0.2) is 15.9 Å². The van der Waals surface area contributed by atoms with Crippen molar-refractivity contribution < 1.29 is 0 Å². The molecule has 0 spiro atoms. The zero-order chi connectivity index (χ0) is 11.5. The maximum absolute atomic E-state index is 4.29. The predicted molar refractivity (Wildman–Crippen MR) is 66.4 cm³/mol. The van der Waals surface area contributed by atoms with Crippen molar-refractivity contribution in [3.05, 3.63) is 5.82 Å². The van der Waals surface area contributed by atoms with E-state index in [-0.39, 0.29) is 0 Å². The van der Waals surface area contributed by atoms with Gasteiger partial charge in [-0.1, -0.05) is 27.7 Å². The molecule has 0 unspecified atom stereocenters. The average Bonchev–Trinajstić information content (AvgIpc) is 2.46. The summed E-state index contributed by atoms with van der Waals surface area (Å²) >= 11 is 1.44. The molecule has 0 aliphatic carbocycles. The Kier molecular flexibility index (Phi) is 4.08. The summed E-state index contributed by atoms with van der Waals surface area (Å²) in [7, 11) is 0. The van der Waals surface area contributed by atoms with Gasteiger partial charge in [0.2, 0.25) is 5.13 Å². The monoisotopic (exact) mass is 227 g/mol. The number of hydrogen-bond donors (Lipinski definition) is 1. The lowest BCUT2D eigenvalue weighted by Crippen LogP contribution is -2.24. The van der Waals surface area contributed by atoms with Crippen LogP contribution in [0, 0.1) is 18.3 Å². The van der Waals surface area contributed by atoms with Gasteiger partial charge in [0, 0.05) is 18.1 Å². The van der Waals surface area contributed by atoms with E-state index in [1.54, 1.807) is 0 Å². The van der Waals surface area contributed by atoms with Gasteiger partial charge in [-0.05, 0) is 24.7 Å². The molecule has 15 heavy (non-hydrogen) atoms. The summed E-state index contributed by atoms with van der Waals surface area (Å²) in [4.78, 5) is 4.29. The molecule has 0 atom stereocenters. The van der Waals surface area contributed by atoms with Crippen LogP contribution < -0.4 is 5.32 Å². The van der Waals surface area contributed by atoms with Crippen molar-refractivity contribution in [2.24, 2.45) is 11.3 Å². The Balaban J connectivity index is 2.42. The standard InChI is InChI=1S/C11H21N3S/c1-8(2)6-11(4,5)7-12-10-13-9(3)14-15-10/h8H,6-7H2,1-5H3,(H,12,13,14). The van der Waals surface area contributed by atoms with Crippen LogP contribution in [-0.2, 0) is 0 Å². The van der Waals surface area contributed by atoms with Gasteiger partial charge < -0.3 is 5.32 Å². The average molecular weight is 227 g/mol. The molecule has 4 heteroatoms. The molecule has 0 amide bonds. The lowest BCUT2D eigenvalue weighted by Gasteiger charge is -2.26. The minimum absolute atomic E-state index is 0.313. The highest BCUT2D eigenvalue weighted by molar-refractivity contribution is 7.09. The summed E-state index contributed by atoms with van der Waals surface area (Å²) < 4.78 is 4.15. The maximum atomic E-state index is 4.29. The van der Waals surface area contributed by atoms with Gasteiger partial charge in [-0.15, -0.1) is 0 Å².